The van der Waals surface area contributed by atoms with Crippen LogP contribution in [0.1, 0.15) is 51.2 Å². The van der Waals surface area contributed by atoms with Crippen molar-refractivity contribution in [1.29, 1.82) is 5.26 Å². The van der Waals surface area contributed by atoms with Gasteiger partial charge in [-0.25, -0.2) is 0 Å². The molecule has 0 saturated heterocycles. The summed E-state index contributed by atoms with van der Waals surface area (Å²) in [6, 6.07) is 9.45. The van der Waals surface area contributed by atoms with Crippen LogP contribution in [0.25, 0.3) is 0 Å². The Labute approximate surface area is 122 Å². The van der Waals surface area contributed by atoms with E-state index in [1.54, 1.807) is 12.1 Å². The smallest absolute Gasteiger partial charge is 0.224 e. The summed E-state index contributed by atoms with van der Waals surface area (Å²) in [4.78, 5) is 11.9. The molecule has 1 aromatic rings. The van der Waals surface area contributed by atoms with Gasteiger partial charge in [-0.1, -0.05) is 38.8 Å². The third-order valence-electron chi connectivity index (χ3n) is 3.27. The molecule has 0 bridgehead atoms. The first-order chi connectivity index (χ1) is 9.51. The molecule has 1 unspecified atom stereocenters. The second-order valence-electron chi connectivity index (χ2n) is 5.78. The van der Waals surface area contributed by atoms with Crippen molar-refractivity contribution in [3.63, 3.8) is 0 Å². The molecule has 0 radical (unpaired) electrons. The van der Waals surface area contributed by atoms with E-state index in [-0.39, 0.29) is 11.9 Å². The summed E-state index contributed by atoms with van der Waals surface area (Å²) < 4.78 is 0. The first kappa shape index (κ1) is 16.2. The first-order valence-electron chi connectivity index (χ1n) is 7.29. The van der Waals surface area contributed by atoms with E-state index in [0.717, 1.165) is 24.3 Å². The van der Waals surface area contributed by atoms with Gasteiger partial charge in [0.25, 0.3) is 0 Å². The van der Waals surface area contributed by atoms with Crippen LogP contribution in [0.3, 0.4) is 0 Å². The minimum atomic E-state index is 0.0479. The summed E-state index contributed by atoms with van der Waals surface area (Å²) >= 11 is 0. The van der Waals surface area contributed by atoms with Gasteiger partial charge in [0.2, 0.25) is 5.91 Å². The molecule has 20 heavy (non-hydrogen) atoms. The highest BCUT2D eigenvalue weighted by Crippen LogP contribution is 2.09. The fourth-order valence-corrected chi connectivity index (χ4v) is 2.11. The molecule has 0 spiro atoms. The quantitative estimate of drug-likeness (QED) is 0.826. The van der Waals surface area contributed by atoms with E-state index < -0.39 is 0 Å². The van der Waals surface area contributed by atoms with Gasteiger partial charge in [-0.3, -0.25) is 4.79 Å². The molecular weight excluding hydrogens is 248 g/mol. The van der Waals surface area contributed by atoms with Gasteiger partial charge in [-0.2, -0.15) is 5.26 Å². The Kier molecular flexibility index (Phi) is 6.79. The maximum absolute atomic E-state index is 11.9. The summed E-state index contributed by atoms with van der Waals surface area (Å²) in [5.41, 5.74) is 1.56. The van der Waals surface area contributed by atoms with Gasteiger partial charge in [0.15, 0.2) is 0 Å². The highest BCUT2D eigenvalue weighted by atomic mass is 16.1. The molecular formula is C17H24N2O. The van der Waals surface area contributed by atoms with Crippen LogP contribution < -0.4 is 5.32 Å². The maximum atomic E-state index is 11.9. The topological polar surface area (TPSA) is 52.9 Å². The monoisotopic (exact) mass is 272 g/mol. The minimum Gasteiger partial charge on any atom is -0.353 e. The Morgan fingerprint density at radius 1 is 1.20 bits per heavy atom. The third-order valence-corrected chi connectivity index (χ3v) is 3.27. The fourth-order valence-electron chi connectivity index (χ4n) is 2.11. The summed E-state index contributed by atoms with van der Waals surface area (Å²) in [5.74, 6) is 0.767. The van der Waals surface area contributed by atoms with Gasteiger partial charge in [0, 0.05) is 6.04 Å². The molecule has 1 rings (SSSR count). The van der Waals surface area contributed by atoms with Gasteiger partial charge in [0.1, 0.15) is 0 Å². The molecule has 0 heterocycles. The lowest BCUT2D eigenvalue weighted by Crippen LogP contribution is -2.33. The van der Waals surface area contributed by atoms with Crippen molar-refractivity contribution in [2.75, 3.05) is 0 Å². The van der Waals surface area contributed by atoms with Crippen molar-refractivity contribution in [2.24, 2.45) is 5.92 Å². The summed E-state index contributed by atoms with van der Waals surface area (Å²) in [5, 5.41) is 11.7. The molecule has 0 aromatic heterocycles. The van der Waals surface area contributed by atoms with Crippen molar-refractivity contribution in [2.45, 2.75) is 52.5 Å². The standard InChI is InChI=1S/C17H24N2O/c1-13(2)5-4-6-14(3)19-17(20)11-15-7-9-16(12-18)10-8-15/h7-10,13-14H,4-6,11H2,1-3H3,(H,19,20). The van der Waals surface area contributed by atoms with Gasteiger partial charge in [-0.05, 0) is 37.0 Å². The van der Waals surface area contributed by atoms with Crippen LogP contribution in [0, 0.1) is 17.2 Å². The number of hydrogen-bond acceptors (Lipinski definition) is 2. The zero-order valence-corrected chi connectivity index (χ0v) is 12.6. The van der Waals surface area contributed by atoms with Crippen molar-refractivity contribution in [3.05, 3.63) is 35.4 Å². The first-order valence-corrected chi connectivity index (χ1v) is 7.29. The molecule has 3 heteroatoms. The van der Waals surface area contributed by atoms with Crippen molar-refractivity contribution < 1.29 is 4.79 Å². The lowest BCUT2D eigenvalue weighted by atomic mass is 10.0. The number of carbonyl (C=O) groups excluding carboxylic acids is 1. The van der Waals surface area contributed by atoms with Crippen molar-refractivity contribution >= 4 is 5.91 Å². The Balaban J connectivity index is 2.33. The van der Waals surface area contributed by atoms with Crippen LogP contribution in [0.4, 0.5) is 0 Å². The SMILES string of the molecule is CC(C)CCCC(C)NC(=O)Cc1ccc(C#N)cc1. The molecule has 1 atom stereocenters. The number of hydrogen-bond donors (Lipinski definition) is 1. The third kappa shape index (κ3) is 6.38. The average Bonchev–Trinajstić information content (AvgIpc) is 2.38. The van der Waals surface area contributed by atoms with Gasteiger partial charge in [-0.15, -0.1) is 0 Å². The predicted molar refractivity (Wildman–Crippen MR) is 81.2 cm³/mol. The number of nitrogens with one attached hydrogen (secondary N) is 1. The number of benzene rings is 1. The highest BCUT2D eigenvalue weighted by molar-refractivity contribution is 5.78. The number of carbonyl (C=O) groups is 1. The Morgan fingerprint density at radius 3 is 2.40 bits per heavy atom. The second-order valence-corrected chi connectivity index (χ2v) is 5.78. The van der Waals surface area contributed by atoms with Crippen LogP contribution in [0.15, 0.2) is 24.3 Å². The molecule has 1 aromatic carbocycles. The van der Waals surface area contributed by atoms with Gasteiger partial charge in [0.05, 0.1) is 18.1 Å². The Bertz CT molecular complexity index is 457. The van der Waals surface area contributed by atoms with Crippen LogP contribution >= 0.6 is 0 Å². The average molecular weight is 272 g/mol. The van der Waals surface area contributed by atoms with E-state index in [0.29, 0.717) is 12.0 Å². The predicted octanol–water partition coefficient (Wildman–Crippen LogP) is 3.43. The molecule has 0 aliphatic heterocycles. The molecule has 3 nitrogen and oxygen atoms in total. The number of rotatable bonds is 7. The van der Waals surface area contributed by atoms with Gasteiger partial charge >= 0.3 is 0 Å². The zero-order chi connectivity index (χ0) is 15.0. The molecule has 0 aliphatic rings. The number of nitrogens with zero attached hydrogens (tertiary/aromatic N) is 1. The van der Waals surface area contributed by atoms with Crippen molar-refractivity contribution in [3.8, 4) is 6.07 Å². The van der Waals surface area contributed by atoms with E-state index in [4.69, 9.17) is 5.26 Å². The zero-order valence-electron chi connectivity index (χ0n) is 12.6. The normalized spacial score (nSPS) is 11.9. The summed E-state index contributed by atoms with van der Waals surface area (Å²) in [6.07, 6.45) is 3.75. The van der Waals surface area contributed by atoms with E-state index >= 15 is 0 Å². The molecule has 1 amide bonds. The van der Waals surface area contributed by atoms with E-state index in [1.165, 1.54) is 6.42 Å². The summed E-state index contributed by atoms with van der Waals surface area (Å²) in [7, 11) is 0. The van der Waals surface area contributed by atoms with Crippen LogP contribution in [-0.4, -0.2) is 11.9 Å². The van der Waals surface area contributed by atoms with E-state index in [2.05, 4.69) is 32.2 Å². The molecule has 0 saturated carbocycles. The van der Waals surface area contributed by atoms with Crippen molar-refractivity contribution in [1.82, 2.24) is 5.32 Å². The molecule has 0 fully saturated rings. The minimum absolute atomic E-state index is 0.0479. The van der Waals surface area contributed by atoms with E-state index in [1.807, 2.05) is 12.1 Å². The van der Waals surface area contributed by atoms with Crippen LogP contribution in [-0.2, 0) is 11.2 Å². The highest BCUT2D eigenvalue weighted by Gasteiger charge is 2.08. The lowest BCUT2D eigenvalue weighted by Gasteiger charge is -2.14. The number of amides is 1. The second kappa shape index (κ2) is 8.37. The summed E-state index contributed by atoms with van der Waals surface area (Å²) in [6.45, 7) is 6.49. The van der Waals surface area contributed by atoms with E-state index in [9.17, 15) is 4.79 Å². The van der Waals surface area contributed by atoms with Crippen LogP contribution in [0.5, 0.6) is 0 Å². The van der Waals surface area contributed by atoms with Gasteiger partial charge < -0.3 is 5.32 Å². The largest absolute Gasteiger partial charge is 0.353 e. The Hall–Kier alpha value is -1.82. The fraction of sp³-hybridized carbons (Fsp3) is 0.529. The molecule has 108 valence electrons. The molecule has 1 N–H and O–H groups in total. The number of nitriles is 1. The lowest BCUT2D eigenvalue weighted by molar-refractivity contribution is -0.121. The molecule has 0 aliphatic carbocycles. The Morgan fingerprint density at radius 2 is 1.85 bits per heavy atom. The van der Waals surface area contributed by atoms with Crippen LogP contribution in [0.2, 0.25) is 0 Å². The maximum Gasteiger partial charge on any atom is 0.224 e.